The van der Waals surface area contributed by atoms with E-state index < -0.39 is 0 Å². The van der Waals surface area contributed by atoms with Crippen LogP contribution in [0.3, 0.4) is 0 Å². The second-order valence-electron chi connectivity index (χ2n) is 6.63. The summed E-state index contributed by atoms with van der Waals surface area (Å²) in [4.78, 5) is 25.5. The third kappa shape index (κ3) is 4.51. The van der Waals surface area contributed by atoms with E-state index in [4.69, 9.17) is 8.94 Å². The number of nitrogens with zero attached hydrogens (tertiary/aromatic N) is 2. The zero-order valence-corrected chi connectivity index (χ0v) is 15.0. The summed E-state index contributed by atoms with van der Waals surface area (Å²) in [6, 6.07) is 5.78. The molecule has 8 heteroatoms. The summed E-state index contributed by atoms with van der Waals surface area (Å²) in [5.41, 5.74) is 0.646. The smallest absolute Gasteiger partial charge is 0.221 e. The van der Waals surface area contributed by atoms with Gasteiger partial charge >= 0.3 is 0 Å². The maximum absolute atomic E-state index is 12.2. The number of rotatable bonds is 7. The summed E-state index contributed by atoms with van der Waals surface area (Å²) in [6.07, 6.45) is 3.91. The zero-order chi connectivity index (χ0) is 18.5. The van der Waals surface area contributed by atoms with Crippen LogP contribution in [-0.2, 0) is 16.1 Å². The molecule has 140 valence electrons. The Morgan fingerprint density at radius 1 is 1.27 bits per heavy atom. The van der Waals surface area contributed by atoms with Gasteiger partial charge in [-0.15, -0.1) is 0 Å². The van der Waals surface area contributed by atoms with Crippen LogP contribution in [0, 0.1) is 0 Å². The number of hydrogen-bond acceptors (Lipinski definition) is 6. The van der Waals surface area contributed by atoms with Crippen molar-refractivity contribution < 1.29 is 18.5 Å². The van der Waals surface area contributed by atoms with Gasteiger partial charge in [-0.3, -0.25) is 14.5 Å². The third-order valence-electron chi connectivity index (χ3n) is 4.78. The molecule has 0 bridgehead atoms. The van der Waals surface area contributed by atoms with E-state index in [1.54, 1.807) is 24.5 Å². The molecule has 0 saturated carbocycles. The Morgan fingerprint density at radius 3 is 2.81 bits per heavy atom. The van der Waals surface area contributed by atoms with E-state index in [-0.39, 0.29) is 23.9 Å². The molecule has 1 aliphatic rings. The third-order valence-corrected chi connectivity index (χ3v) is 4.78. The summed E-state index contributed by atoms with van der Waals surface area (Å²) in [5.74, 6) is 1.09. The minimum Gasteiger partial charge on any atom is -0.461 e. The molecule has 26 heavy (non-hydrogen) atoms. The predicted molar refractivity (Wildman–Crippen MR) is 93.9 cm³/mol. The molecule has 0 unspecified atom stereocenters. The van der Waals surface area contributed by atoms with E-state index in [0.29, 0.717) is 36.7 Å². The predicted octanol–water partition coefficient (Wildman–Crippen LogP) is 1.54. The van der Waals surface area contributed by atoms with Crippen molar-refractivity contribution in [3.63, 3.8) is 0 Å². The van der Waals surface area contributed by atoms with E-state index in [2.05, 4.69) is 20.7 Å². The van der Waals surface area contributed by atoms with E-state index >= 15 is 0 Å². The molecule has 2 N–H and O–H groups in total. The molecular weight excluding hydrogens is 336 g/mol. The summed E-state index contributed by atoms with van der Waals surface area (Å²) in [7, 11) is 2.00. The fourth-order valence-corrected chi connectivity index (χ4v) is 3.25. The first-order valence-corrected chi connectivity index (χ1v) is 8.75. The van der Waals surface area contributed by atoms with Gasteiger partial charge in [0.15, 0.2) is 5.76 Å². The lowest BCUT2D eigenvalue weighted by atomic mass is 10.1. The quantitative estimate of drug-likeness (QED) is 0.777. The Labute approximate surface area is 151 Å². The van der Waals surface area contributed by atoms with Gasteiger partial charge in [0.05, 0.1) is 12.8 Å². The van der Waals surface area contributed by atoms with Gasteiger partial charge in [-0.2, -0.15) is 0 Å². The number of carbonyl (C=O) groups is 2. The molecule has 2 amide bonds. The van der Waals surface area contributed by atoms with Gasteiger partial charge in [0.2, 0.25) is 17.6 Å². The highest BCUT2D eigenvalue weighted by atomic mass is 16.5. The van der Waals surface area contributed by atoms with Crippen LogP contribution in [0.2, 0.25) is 0 Å². The van der Waals surface area contributed by atoms with Crippen molar-refractivity contribution in [2.24, 2.45) is 0 Å². The molecule has 0 spiro atoms. The van der Waals surface area contributed by atoms with Gasteiger partial charge in [0, 0.05) is 38.0 Å². The van der Waals surface area contributed by atoms with Crippen molar-refractivity contribution in [2.75, 3.05) is 13.6 Å². The summed E-state index contributed by atoms with van der Waals surface area (Å²) >= 11 is 0. The van der Waals surface area contributed by atoms with Crippen LogP contribution in [-0.4, -0.2) is 47.5 Å². The first kappa shape index (κ1) is 18.2. The molecule has 2 atom stereocenters. The molecule has 8 nitrogen and oxygen atoms in total. The molecule has 3 heterocycles. The maximum atomic E-state index is 12.2. The highest BCUT2D eigenvalue weighted by Gasteiger charge is 2.31. The van der Waals surface area contributed by atoms with Crippen LogP contribution in [0.1, 0.15) is 31.9 Å². The van der Waals surface area contributed by atoms with Crippen LogP contribution < -0.4 is 10.6 Å². The Bertz CT molecular complexity index is 740. The summed E-state index contributed by atoms with van der Waals surface area (Å²) < 4.78 is 10.5. The highest BCUT2D eigenvalue weighted by Crippen LogP contribution is 2.24. The van der Waals surface area contributed by atoms with Crippen LogP contribution in [0.4, 0.5) is 0 Å². The number of amides is 2. The van der Waals surface area contributed by atoms with E-state index in [1.807, 2.05) is 7.05 Å². The Hall–Kier alpha value is -2.61. The van der Waals surface area contributed by atoms with Gasteiger partial charge in [-0.25, -0.2) is 0 Å². The van der Waals surface area contributed by atoms with Crippen molar-refractivity contribution in [1.82, 2.24) is 20.7 Å². The largest absolute Gasteiger partial charge is 0.461 e. The van der Waals surface area contributed by atoms with Crippen molar-refractivity contribution in [3.8, 4) is 11.5 Å². The van der Waals surface area contributed by atoms with Gasteiger partial charge in [-0.1, -0.05) is 5.16 Å². The summed E-state index contributed by atoms with van der Waals surface area (Å²) in [6.45, 7) is 2.45. The van der Waals surface area contributed by atoms with Crippen molar-refractivity contribution in [1.29, 1.82) is 0 Å². The Morgan fingerprint density at radius 2 is 2.08 bits per heavy atom. The molecule has 1 fully saturated rings. The van der Waals surface area contributed by atoms with E-state index in [9.17, 15) is 9.59 Å². The summed E-state index contributed by atoms with van der Waals surface area (Å²) in [5, 5.41) is 9.67. The lowest BCUT2D eigenvalue weighted by Crippen LogP contribution is -2.41. The van der Waals surface area contributed by atoms with Gasteiger partial charge in [0.25, 0.3) is 0 Å². The molecule has 0 aromatic carbocycles. The monoisotopic (exact) mass is 360 g/mol. The fourth-order valence-electron chi connectivity index (χ4n) is 3.25. The molecule has 2 aromatic heterocycles. The molecule has 0 aliphatic carbocycles. The van der Waals surface area contributed by atoms with Gasteiger partial charge in [0.1, 0.15) is 5.69 Å². The number of carbonyl (C=O) groups excluding carboxylic acids is 2. The minimum atomic E-state index is -0.0267. The number of likely N-dealkylation sites (tertiary alicyclic amines) is 1. The number of likely N-dealkylation sites (N-methyl/N-ethyl adjacent to an activating group) is 1. The number of aromatic nitrogens is 1. The van der Waals surface area contributed by atoms with Crippen LogP contribution >= 0.6 is 0 Å². The molecule has 2 aromatic rings. The Kier molecular flexibility index (Phi) is 5.72. The average Bonchev–Trinajstić information content (AvgIpc) is 3.33. The lowest BCUT2D eigenvalue weighted by Gasteiger charge is -2.25. The maximum Gasteiger partial charge on any atom is 0.221 e. The topological polar surface area (TPSA) is 101 Å². The molecular formula is C18H24N4O4. The van der Waals surface area contributed by atoms with E-state index in [0.717, 1.165) is 12.8 Å². The zero-order valence-electron chi connectivity index (χ0n) is 15.0. The second-order valence-corrected chi connectivity index (χ2v) is 6.63. The van der Waals surface area contributed by atoms with E-state index in [1.165, 1.54) is 6.92 Å². The van der Waals surface area contributed by atoms with Gasteiger partial charge < -0.3 is 19.6 Å². The second kappa shape index (κ2) is 8.18. The van der Waals surface area contributed by atoms with Crippen LogP contribution in [0.15, 0.2) is 33.4 Å². The first-order chi connectivity index (χ1) is 12.5. The van der Waals surface area contributed by atoms with Gasteiger partial charge in [-0.05, 0) is 32.0 Å². The molecule has 3 rings (SSSR count). The standard InChI is InChI=1S/C18H24N4O4/c1-12(23)19-11-15-6-5-14(22(15)2)9-18(24)20-10-13-8-17(26-21-13)16-4-3-7-25-16/h3-4,7-8,14-15H,5-6,9-11H2,1-2H3,(H,19,23)(H,20,24)/t14-,15+/m0/s1. The van der Waals surface area contributed by atoms with Crippen molar-refractivity contribution in [2.45, 2.75) is 44.8 Å². The van der Waals surface area contributed by atoms with Crippen molar-refractivity contribution >= 4 is 11.8 Å². The first-order valence-electron chi connectivity index (χ1n) is 8.75. The highest BCUT2D eigenvalue weighted by molar-refractivity contribution is 5.76. The lowest BCUT2D eigenvalue weighted by molar-refractivity contribution is -0.122. The minimum absolute atomic E-state index is 0.0235. The van der Waals surface area contributed by atoms with Crippen LogP contribution in [0.5, 0.6) is 0 Å². The average molecular weight is 360 g/mol. The number of furan rings is 1. The Balaban J connectivity index is 1.44. The van der Waals surface area contributed by atoms with Crippen molar-refractivity contribution in [3.05, 3.63) is 30.2 Å². The molecule has 0 radical (unpaired) electrons. The molecule has 1 aliphatic heterocycles. The van der Waals surface area contributed by atoms with Crippen LogP contribution in [0.25, 0.3) is 11.5 Å². The number of hydrogen-bond donors (Lipinski definition) is 2. The SMILES string of the molecule is CC(=O)NC[C@H]1CC[C@@H](CC(=O)NCc2cc(-c3ccco3)on2)N1C. The molecule has 1 saturated heterocycles. The fraction of sp³-hybridized carbons (Fsp3) is 0.500. The number of nitrogens with one attached hydrogen (secondary N) is 2. The normalized spacial score (nSPS) is 20.2.